The number of furan rings is 1. The van der Waals surface area contributed by atoms with E-state index in [0.29, 0.717) is 30.7 Å². The number of hydrogen-bond donors (Lipinski definition) is 1. The Morgan fingerprint density at radius 3 is 2.60 bits per heavy atom. The minimum atomic E-state index is -1.00. The molecule has 3 rings (SSSR count). The van der Waals surface area contributed by atoms with Gasteiger partial charge in [-0.3, -0.25) is 4.79 Å². The highest BCUT2D eigenvalue weighted by atomic mass is 19.1. The molecule has 1 amide bonds. The average molecular weight is 413 g/mol. The van der Waals surface area contributed by atoms with Crippen LogP contribution in [-0.4, -0.2) is 31.1 Å². The zero-order valence-corrected chi connectivity index (χ0v) is 16.9. The highest BCUT2D eigenvalue weighted by Gasteiger charge is 2.25. The van der Waals surface area contributed by atoms with E-state index in [2.05, 4.69) is 5.32 Å². The van der Waals surface area contributed by atoms with Gasteiger partial charge in [-0.25, -0.2) is 9.18 Å². The van der Waals surface area contributed by atoms with E-state index >= 15 is 0 Å². The van der Waals surface area contributed by atoms with Crippen LogP contribution in [-0.2, 0) is 27.3 Å². The fourth-order valence-corrected chi connectivity index (χ4v) is 3.00. The summed E-state index contributed by atoms with van der Waals surface area (Å²) >= 11 is 0. The highest BCUT2D eigenvalue weighted by molar-refractivity contribution is 5.97. The van der Waals surface area contributed by atoms with Gasteiger partial charge in [-0.05, 0) is 44.0 Å². The number of fused-ring (bicyclic) bond motifs is 1. The highest BCUT2D eigenvalue weighted by Crippen LogP contribution is 2.27. The maximum Gasteiger partial charge on any atom is 0.375 e. The molecule has 1 atom stereocenters. The van der Waals surface area contributed by atoms with Gasteiger partial charge in [0, 0.05) is 24.1 Å². The van der Waals surface area contributed by atoms with Gasteiger partial charge in [0.2, 0.25) is 5.76 Å². The Morgan fingerprint density at radius 1 is 1.13 bits per heavy atom. The molecular weight excluding hydrogens is 389 g/mol. The van der Waals surface area contributed by atoms with Gasteiger partial charge in [-0.1, -0.05) is 30.3 Å². The number of rotatable bonds is 9. The van der Waals surface area contributed by atoms with Crippen molar-refractivity contribution in [2.45, 2.75) is 33.0 Å². The average Bonchev–Trinajstić information content (AvgIpc) is 3.12. The maximum absolute atomic E-state index is 12.9. The largest absolute Gasteiger partial charge is 0.449 e. The van der Waals surface area contributed by atoms with E-state index in [1.165, 1.54) is 19.1 Å². The Kier molecular flexibility index (Phi) is 7.19. The van der Waals surface area contributed by atoms with Gasteiger partial charge in [0.05, 0.1) is 6.61 Å². The second-order valence-electron chi connectivity index (χ2n) is 6.76. The second kappa shape index (κ2) is 10.0. The molecule has 0 aliphatic carbocycles. The first-order valence-corrected chi connectivity index (χ1v) is 9.81. The number of amides is 1. The van der Waals surface area contributed by atoms with Gasteiger partial charge in [0.15, 0.2) is 6.10 Å². The van der Waals surface area contributed by atoms with Crippen LogP contribution < -0.4 is 5.32 Å². The first-order chi connectivity index (χ1) is 14.5. The lowest BCUT2D eigenvalue weighted by Gasteiger charge is -2.13. The lowest BCUT2D eigenvalue weighted by Crippen LogP contribution is -2.37. The van der Waals surface area contributed by atoms with E-state index in [-0.39, 0.29) is 18.2 Å². The lowest BCUT2D eigenvalue weighted by molar-refractivity contribution is -0.129. The number of nitrogens with one attached hydrogen (secondary N) is 1. The number of ether oxygens (including phenoxy) is 2. The SMILES string of the molecule is CCOCc1c(C(=O)O[C@@H](C)C(=O)NCCc2ccc(F)cc2)oc2ccccc12. The van der Waals surface area contributed by atoms with Crippen LogP contribution in [0, 0.1) is 5.82 Å². The van der Waals surface area contributed by atoms with Gasteiger partial charge in [-0.2, -0.15) is 0 Å². The molecule has 6 nitrogen and oxygen atoms in total. The molecule has 0 spiro atoms. The molecule has 1 aromatic heterocycles. The fourth-order valence-electron chi connectivity index (χ4n) is 3.00. The molecule has 2 aromatic carbocycles. The quantitative estimate of drug-likeness (QED) is 0.536. The van der Waals surface area contributed by atoms with Crippen LogP contribution in [0.15, 0.2) is 52.9 Å². The maximum atomic E-state index is 12.9. The number of halogens is 1. The third kappa shape index (κ3) is 5.24. The van der Waals surface area contributed by atoms with Crippen LogP contribution in [0.4, 0.5) is 4.39 Å². The smallest absolute Gasteiger partial charge is 0.375 e. The van der Waals surface area contributed by atoms with Gasteiger partial charge in [0.1, 0.15) is 11.4 Å². The summed E-state index contributed by atoms with van der Waals surface area (Å²) in [5, 5.41) is 3.49. The zero-order chi connectivity index (χ0) is 21.5. The van der Waals surface area contributed by atoms with Gasteiger partial charge in [-0.15, -0.1) is 0 Å². The van der Waals surface area contributed by atoms with Crippen LogP contribution in [0.1, 0.15) is 35.5 Å². The molecule has 1 heterocycles. The molecule has 0 saturated heterocycles. The standard InChI is InChI=1S/C23H24FNO5/c1-3-28-14-19-18-6-4-5-7-20(18)30-21(19)23(27)29-15(2)22(26)25-13-12-16-8-10-17(24)11-9-16/h4-11,15H,3,12-14H2,1-2H3,(H,25,26)/t15-/m0/s1. The van der Waals surface area contributed by atoms with E-state index in [9.17, 15) is 14.0 Å². The molecular formula is C23H24FNO5. The number of carbonyl (C=O) groups excluding carboxylic acids is 2. The summed E-state index contributed by atoms with van der Waals surface area (Å²) in [6.45, 7) is 4.39. The van der Waals surface area contributed by atoms with Crippen molar-refractivity contribution in [1.29, 1.82) is 0 Å². The molecule has 0 aliphatic heterocycles. The van der Waals surface area contributed by atoms with Crippen LogP contribution >= 0.6 is 0 Å². The first kappa shape index (κ1) is 21.5. The number of carbonyl (C=O) groups is 2. The van der Waals surface area contributed by atoms with E-state index in [4.69, 9.17) is 13.9 Å². The molecule has 3 aromatic rings. The predicted molar refractivity (Wildman–Crippen MR) is 110 cm³/mol. The summed E-state index contributed by atoms with van der Waals surface area (Å²) in [6.07, 6.45) is -0.465. The van der Waals surface area contributed by atoms with Gasteiger partial charge >= 0.3 is 5.97 Å². The monoisotopic (exact) mass is 413 g/mol. The number of esters is 1. The Labute approximate surface area is 174 Å². The molecule has 0 radical (unpaired) electrons. The van der Waals surface area contributed by atoms with Crippen molar-refractivity contribution in [3.8, 4) is 0 Å². The fraction of sp³-hybridized carbons (Fsp3) is 0.304. The minimum absolute atomic E-state index is 0.0376. The summed E-state index contributed by atoms with van der Waals surface area (Å²) < 4.78 is 29.4. The molecule has 30 heavy (non-hydrogen) atoms. The van der Waals surface area contributed by atoms with Crippen molar-refractivity contribution in [1.82, 2.24) is 5.32 Å². The first-order valence-electron chi connectivity index (χ1n) is 9.81. The van der Waals surface area contributed by atoms with E-state index in [0.717, 1.165) is 10.9 Å². The van der Waals surface area contributed by atoms with Gasteiger partial charge < -0.3 is 19.2 Å². The lowest BCUT2D eigenvalue weighted by atomic mass is 10.1. The summed E-state index contributed by atoms with van der Waals surface area (Å²) in [4.78, 5) is 24.9. The van der Waals surface area contributed by atoms with Crippen molar-refractivity contribution in [2.75, 3.05) is 13.2 Å². The van der Waals surface area contributed by atoms with E-state index < -0.39 is 18.0 Å². The van der Waals surface area contributed by atoms with Crippen molar-refractivity contribution in [3.63, 3.8) is 0 Å². The minimum Gasteiger partial charge on any atom is -0.449 e. The molecule has 0 unspecified atom stereocenters. The molecule has 0 fully saturated rings. The number of benzene rings is 2. The summed E-state index contributed by atoms with van der Waals surface area (Å²) in [5.74, 6) is -1.41. The van der Waals surface area contributed by atoms with Crippen LogP contribution in [0.2, 0.25) is 0 Å². The summed E-state index contributed by atoms with van der Waals surface area (Å²) in [7, 11) is 0. The Bertz CT molecular complexity index is 1010. The third-order valence-corrected chi connectivity index (χ3v) is 4.61. The Morgan fingerprint density at radius 2 is 1.87 bits per heavy atom. The van der Waals surface area contributed by atoms with Crippen molar-refractivity contribution in [3.05, 3.63) is 71.2 Å². The molecule has 0 bridgehead atoms. The molecule has 7 heteroatoms. The van der Waals surface area contributed by atoms with Crippen LogP contribution in [0.25, 0.3) is 11.0 Å². The van der Waals surface area contributed by atoms with Crippen molar-refractivity contribution >= 4 is 22.8 Å². The second-order valence-corrected chi connectivity index (χ2v) is 6.76. The molecule has 0 saturated carbocycles. The van der Waals surface area contributed by atoms with Crippen molar-refractivity contribution < 1.29 is 27.9 Å². The predicted octanol–water partition coefficient (Wildman–Crippen LogP) is 4.01. The van der Waals surface area contributed by atoms with Crippen molar-refractivity contribution in [2.24, 2.45) is 0 Å². The summed E-state index contributed by atoms with van der Waals surface area (Å²) in [5.41, 5.74) is 2.04. The third-order valence-electron chi connectivity index (χ3n) is 4.61. The summed E-state index contributed by atoms with van der Waals surface area (Å²) in [6, 6.07) is 13.3. The van der Waals surface area contributed by atoms with Crippen LogP contribution in [0.3, 0.4) is 0 Å². The normalized spacial score (nSPS) is 12.0. The topological polar surface area (TPSA) is 77.8 Å². The van der Waals surface area contributed by atoms with E-state index in [1.807, 2.05) is 25.1 Å². The number of para-hydroxylation sites is 1. The molecule has 158 valence electrons. The molecule has 1 N–H and O–H groups in total. The zero-order valence-electron chi connectivity index (χ0n) is 16.9. The van der Waals surface area contributed by atoms with E-state index in [1.54, 1.807) is 18.2 Å². The Balaban J connectivity index is 1.60. The Hall–Kier alpha value is -3.19. The van der Waals surface area contributed by atoms with Crippen LogP contribution in [0.5, 0.6) is 0 Å². The van der Waals surface area contributed by atoms with Gasteiger partial charge in [0.25, 0.3) is 5.91 Å². The molecule has 0 aliphatic rings. The number of hydrogen-bond acceptors (Lipinski definition) is 5.